The zero-order valence-corrected chi connectivity index (χ0v) is 12.1. The first-order valence-corrected chi connectivity index (χ1v) is 8.04. The summed E-state index contributed by atoms with van der Waals surface area (Å²) in [7, 11) is -0.731. The van der Waals surface area contributed by atoms with Gasteiger partial charge in [-0.3, -0.25) is 4.21 Å². The molecule has 0 spiro atoms. The molecule has 1 aromatic carbocycles. The maximum absolute atomic E-state index is 11.1. The number of aryl methyl sites for hydroxylation is 2. The zero-order valence-electron chi connectivity index (χ0n) is 11.3. The van der Waals surface area contributed by atoms with E-state index in [0.717, 1.165) is 36.0 Å². The quantitative estimate of drug-likeness (QED) is 0.883. The first-order chi connectivity index (χ1) is 9.15. The topological polar surface area (TPSA) is 46.9 Å². The molecule has 0 aliphatic rings. The average molecular weight is 277 g/mol. The second-order valence-electron chi connectivity index (χ2n) is 4.52. The van der Waals surface area contributed by atoms with Crippen molar-refractivity contribution in [2.24, 2.45) is 0 Å². The molecule has 0 fully saturated rings. The third-order valence-corrected chi connectivity index (χ3v) is 3.62. The van der Waals surface area contributed by atoms with Crippen molar-refractivity contribution in [2.75, 3.05) is 17.3 Å². The van der Waals surface area contributed by atoms with Gasteiger partial charge in [0.2, 0.25) is 5.95 Å². The van der Waals surface area contributed by atoms with Gasteiger partial charge in [-0.05, 0) is 25.5 Å². The van der Waals surface area contributed by atoms with E-state index >= 15 is 0 Å². The molecule has 0 amide bonds. The van der Waals surface area contributed by atoms with Crippen LogP contribution in [0.2, 0.25) is 0 Å². The molecule has 1 unspecified atom stereocenters. The maximum Gasteiger partial charge on any atom is 0.207 e. The van der Waals surface area contributed by atoms with Crippen LogP contribution < -0.4 is 5.32 Å². The molecule has 1 N–H and O–H groups in total. The lowest BCUT2D eigenvalue weighted by Crippen LogP contribution is -2.06. The van der Waals surface area contributed by atoms with E-state index in [1.807, 2.05) is 43.5 Å². The fraction of sp³-hybridized carbons (Fsp3) is 0.357. The summed E-state index contributed by atoms with van der Waals surface area (Å²) >= 11 is 0. The number of nitrogens with one attached hydrogen (secondary N) is 1. The fourth-order valence-electron chi connectivity index (χ4n) is 1.91. The van der Waals surface area contributed by atoms with E-state index in [4.69, 9.17) is 0 Å². The highest BCUT2D eigenvalue weighted by Crippen LogP contribution is 2.16. The molecule has 5 heteroatoms. The lowest BCUT2D eigenvalue weighted by molar-refractivity contribution is 0.664. The van der Waals surface area contributed by atoms with Gasteiger partial charge in [0.15, 0.2) is 0 Å². The Bertz CT molecular complexity index is 551. The highest BCUT2D eigenvalue weighted by Gasteiger charge is 2.05. The first-order valence-electron chi connectivity index (χ1n) is 6.31. The lowest BCUT2D eigenvalue weighted by Gasteiger charge is -2.09. The van der Waals surface area contributed by atoms with Crippen molar-refractivity contribution >= 4 is 22.4 Å². The number of aromatic nitrogens is 2. The highest BCUT2D eigenvalue weighted by molar-refractivity contribution is 7.84. The van der Waals surface area contributed by atoms with Crippen LogP contribution in [0, 0.1) is 6.92 Å². The first kappa shape index (κ1) is 13.8. The number of para-hydroxylation sites is 1. The van der Waals surface area contributed by atoms with Crippen LogP contribution in [0.15, 0.2) is 36.5 Å². The van der Waals surface area contributed by atoms with E-state index in [2.05, 4.69) is 14.9 Å². The van der Waals surface area contributed by atoms with E-state index < -0.39 is 10.8 Å². The van der Waals surface area contributed by atoms with Gasteiger partial charge in [-0.15, -0.1) is 0 Å². The predicted molar refractivity (Wildman–Crippen MR) is 80.2 cm³/mol. The molecule has 19 heavy (non-hydrogen) atoms. The molecule has 0 bridgehead atoms. The fourth-order valence-corrected chi connectivity index (χ4v) is 2.44. The van der Waals surface area contributed by atoms with Gasteiger partial charge in [-0.2, -0.15) is 0 Å². The third-order valence-electron chi connectivity index (χ3n) is 2.76. The van der Waals surface area contributed by atoms with Crippen molar-refractivity contribution < 1.29 is 4.21 Å². The summed E-state index contributed by atoms with van der Waals surface area (Å²) < 4.78 is 13.2. The van der Waals surface area contributed by atoms with Crippen LogP contribution in [-0.4, -0.2) is 25.8 Å². The minimum Gasteiger partial charge on any atom is -0.326 e. The summed E-state index contributed by atoms with van der Waals surface area (Å²) in [6.07, 6.45) is 4.65. The van der Waals surface area contributed by atoms with Crippen molar-refractivity contribution in [3.8, 4) is 0 Å². The number of anilines is 2. The zero-order chi connectivity index (χ0) is 13.7. The van der Waals surface area contributed by atoms with Gasteiger partial charge >= 0.3 is 0 Å². The lowest BCUT2D eigenvalue weighted by atomic mass is 10.3. The molecule has 0 aliphatic carbocycles. The Hall–Kier alpha value is -1.62. The Labute approximate surface area is 116 Å². The normalized spacial score (nSPS) is 12.3. The van der Waals surface area contributed by atoms with Crippen LogP contribution in [-0.2, 0) is 17.3 Å². The minimum absolute atomic E-state index is 0.724. The Morgan fingerprint density at radius 1 is 1.32 bits per heavy atom. The van der Waals surface area contributed by atoms with Crippen LogP contribution in [0.5, 0.6) is 0 Å². The minimum atomic E-state index is -0.731. The molecule has 0 radical (unpaired) electrons. The van der Waals surface area contributed by atoms with Crippen molar-refractivity contribution in [3.05, 3.63) is 42.2 Å². The van der Waals surface area contributed by atoms with Gasteiger partial charge in [-0.25, -0.2) is 4.98 Å². The summed E-state index contributed by atoms with van der Waals surface area (Å²) in [5.74, 6) is 1.56. The molecule has 1 aromatic heterocycles. The molecule has 0 saturated heterocycles. The van der Waals surface area contributed by atoms with Gasteiger partial charge in [0.25, 0.3) is 0 Å². The number of nitrogens with zero attached hydrogens (tertiary/aromatic N) is 2. The summed E-state index contributed by atoms with van der Waals surface area (Å²) in [6.45, 7) is 2.81. The molecule has 2 aromatic rings. The summed E-state index contributed by atoms with van der Waals surface area (Å²) in [4.78, 5) is 4.48. The van der Waals surface area contributed by atoms with Crippen molar-refractivity contribution in [3.63, 3.8) is 0 Å². The SMILES string of the molecule is Cc1cn(CCCS(C)=O)c(Nc2ccccc2)n1. The molecule has 0 saturated carbocycles. The van der Waals surface area contributed by atoms with Gasteiger partial charge in [0.1, 0.15) is 0 Å². The number of rotatable bonds is 6. The van der Waals surface area contributed by atoms with E-state index in [1.54, 1.807) is 6.26 Å². The standard InChI is InChI=1S/C14H19N3OS/c1-12-11-17(9-6-10-19(2)18)14(15-12)16-13-7-4-3-5-8-13/h3-5,7-8,11H,6,9-10H2,1-2H3,(H,15,16). The van der Waals surface area contributed by atoms with Crippen molar-refractivity contribution in [2.45, 2.75) is 19.9 Å². The number of imidazole rings is 1. The smallest absolute Gasteiger partial charge is 0.207 e. The number of hydrogen-bond donors (Lipinski definition) is 1. The van der Waals surface area contributed by atoms with Crippen LogP contribution in [0.3, 0.4) is 0 Å². The third kappa shape index (κ3) is 4.21. The molecule has 102 valence electrons. The van der Waals surface area contributed by atoms with Gasteiger partial charge in [0, 0.05) is 41.2 Å². The molecule has 1 atom stereocenters. The summed E-state index contributed by atoms with van der Waals surface area (Å²) in [5, 5.41) is 3.31. The second kappa shape index (κ2) is 6.52. The highest BCUT2D eigenvalue weighted by atomic mass is 32.2. The molecule has 1 heterocycles. The van der Waals surface area contributed by atoms with Crippen molar-refractivity contribution in [1.82, 2.24) is 9.55 Å². The average Bonchev–Trinajstić information content (AvgIpc) is 2.70. The second-order valence-corrected chi connectivity index (χ2v) is 6.08. The van der Waals surface area contributed by atoms with Crippen LogP contribution in [0.25, 0.3) is 0 Å². The Morgan fingerprint density at radius 2 is 2.05 bits per heavy atom. The summed E-state index contributed by atoms with van der Waals surface area (Å²) in [6, 6.07) is 9.98. The molecular weight excluding hydrogens is 258 g/mol. The van der Waals surface area contributed by atoms with Crippen molar-refractivity contribution in [1.29, 1.82) is 0 Å². The van der Waals surface area contributed by atoms with Gasteiger partial charge in [-0.1, -0.05) is 18.2 Å². The van der Waals surface area contributed by atoms with Gasteiger partial charge < -0.3 is 9.88 Å². The van der Waals surface area contributed by atoms with Crippen LogP contribution in [0.1, 0.15) is 12.1 Å². The van der Waals surface area contributed by atoms with E-state index in [0.29, 0.717) is 0 Å². The van der Waals surface area contributed by atoms with E-state index in [-0.39, 0.29) is 0 Å². The molecule has 4 nitrogen and oxygen atoms in total. The predicted octanol–water partition coefficient (Wildman–Crippen LogP) is 2.70. The molecular formula is C14H19N3OS. The number of benzene rings is 1. The monoisotopic (exact) mass is 277 g/mol. The summed E-state index contributed by atoms with van der Waals surface area (Å²) in [5.41, 5.74) is 2.00. The maximum atomic E-state index is 11.1. The Kier molecular flexibility index (Phi) is 4.74. The largest absolute Gasteiger partial charge is 0.326 e. The van der Waals surface area contributed by atoms with E-state index in [9.17, 15) is 4.21 Å². The molecule has 0 aliphatic heterocycles. The molecule has 2 rings (SSSR count). The Balaban J connectivity index is 2.05. The van der Waals surface area contributed by atoms with Crippen LogP contribution in [0.4, 0.5) is 11.6 Å². The number of hydrogen-bond acceptors (Lipinski definition) is 3. The van der Waals surface area contributed by atoms with Gasteiger partial charge in [0.05, 0.1) is 5.69 Å². The Morgan fingerprint density at radius 3 is 2.74 bits per heavy atom. The van der Waals surface area contributed by atoms with E-state index in [1.165, 1.54) is 0 Å². The van der Waals surface area contributed by atoms with Crippen LogP contribution >= 0.6 is 0 Å².